The van der Waals surface area contributed by atoms with E-state index in [1.165, 1.54) is 33.0 Å². The van der Waals surface area contributed by atoms with E-state index in [9.17, 15) is 9.90 Å². The molecular formula is C28H32N4O3. The summed E-state index contributed by atoms with van der Waals surface area (Å²) in [6, 6.07) is 14.9. The van der Waals surface area contributed by atoms with Crippen molar-refractivity contribution in [1.29, 1.82) is 0 Å². The number of nitrogens with zero attached hydrogens (tertiary/aromatic N) is 2. The van der Waals surface area contributed by atoms with E-state index in [-0.39, 0.29) is 11.7 Å². The molecule has 1 aliphatic heterocycles. The second kappa shape index (κ2) is 10.4. The smallest absolute Gasteiger partial charge is 0.337 e. The lowest BCUT2D eigenvalue weighted by molar-refractivity contribution is 0.0601. The van der Waals surface area contributed by atoms with E-state index in [1.54, 1.807) is 18.2 Å². The maximum atomic E-state index is 12.0. The maximum absolute atomic E-state index is 12.0. The molecule has 7 heteroatoms. The van der Waals surface area contributed by atoms with E-state index in [0.717, 1.165) is 64.8 Å². The molecule has 0 unspecified atom stereocenters. The van der Waals surface area contributed by atoms with Crippen LogP contribution in [0.4, 0.5) is 5.82 Å². The number of unbranched alkanes of at least 4 members (excludes halogenated alkanes) is 1. The van der Waals surface area contributed by atoms with Crippen molar-refractivity contribution in [1.82, 2.24) is 14.9 Å². The Labute approximate surface area is 205 Å². The first-order valence-corrected chi connectivity index (χ1v) is 12.4. The number of phenolic OH excluding ortho intramolecular Hbond substituents is 1. The Morgan fingerprint density at radius 1 is 1.11 bits per heavy atom. The highest BCUT2D eigenvalue weighted by molar-refractivity contribution is 6.13. The molecule has 1 fully saturated rings. The molecular weight excluding hydrogens is 440 g/mol. The molecule has 35 heavy (non-hydrogen) atoms. The van der Waals surface area contributed by atoms with Crippen LogP contribution in [-0.2, 0) is 11.2 Å². The number of aromatic nitrogens is 2. The van der Waals surface area contributed by atoms with Gasteiger partial charge in [-0.25, -0.2) is 9.78 Å². The van der Waals surface area contributed by atoms with Gasteiger partial charge in [0.15, 0.2) is 0 Å². The Hall–Kier alpha value is -3.58. The molecule has 0 aliphatic carbocycles. The van der Waals surface area contributed by atoms with Crippen LogP contribution in [-0.4, -0.2) is 59.2 Å². The quantitative estimate of drug-likeness (QED) is 0.232. The van der Waals surface area contributed by atoms with E-state index in [4.69, 9.17) is 9.72 Å². The number of hydrogen-bond acceptors (Lipinski definition) is 6. The average Bonchev–Trinajstić information content (AvgIpc) is 3.50. The van der Waals surface area contributed by atoms with E-state index in [1.807, 2.05) is 24.3 Å². The third-order valence-corrected chi connectivity index (χ3v) is 6.74. The lowest BCUT2D eigenvalue weighted by Gasteiger charge is -2.14. The number of fused-ring (bicyclic) bond motifs is 3. The lowest BCUT2D eigenvalue weighted by Crippen LogP contribution is -2.21. The van der Waals surface area contributed by atoms with E-state index in [0.29, 0.717) is 12.0 Å². The molecule has 0 saturated carbocycles. The van der Waals surface area contributed by atoms with Crippen LogP contribution in [0.1, 0.15) is 47.3 Å². The third-order valence-electron chi connectivity index (χ3n) is 6.74. The minimum absolute atomic E-state index is 0.251. The van der Waals surface area contributed by atoms with Gasteiger partial charge in [-0.2, -0.15) is 0 Å². The standard InChI is InChI=1S/C28H32N4O3/c1-35-28(34)20-9-10-23-24(17-20)31-25-18-21(15-19-7-6-8-22(33)16-19)30-27(26(23)25)29-11-2-3-12-32-13-4-5-14-32/h6-10,16-18,31,33H,2-5,11-15H2,1H3,(H,29,30). The number of hydrogen-bond donors (Lipinski definition) is 3. The SMILES string of the molecule is COC(=O)c1ccc2c(c1)[nH]c1cc(Cc3cccc(O)c3)nc(NCCCCN3CCCC3)c12. The van der Waals surface area contributed by atoms with Crippen molar-refractivity contribution in [2.45, 2.75) is 32.1 Å². The predicted molar refractivity (Wildman–Crippen MR) is 139 cm³/mol. The zero-order chi connectivity index (χ0) is 24.2. The molecule has 3 N–H and O–H groups in total. The number of likely N-dealkylation sites (tertiary alicyclic amines) is 1. The molecule has 7 nitrogen and oxygen atoms in total. The van der Waals surface area contributed by atoms with Crippen molar-refractivity contribution >= 4 is 33.6 Å². The second-order valence-electron chi connectivity index (χ2n) is 9.29. The summed E-state index contributed by atoms with van der Waals surface area (Å²) in [5.41, 5.74) is 4.25. The minimum Gasteiger partial charge on any atom is -0.508 e. The van der Waals surface area contributed by atoms with E-state index >= 15 is 0 Å². The van der Waals surface area contributed by atoms with Crippen LogP contribution in [0.5, 0.6) is 5.75 Å². The number of rotatable bonds is 9. The Morgan fingerprint density at radius 3 is 2.77 bits per heavy atom. The Morgan fingerprint density at radius 2 is 1.97 bits per heavy atom. The number of pyridine rings is 1. The van der Waals surface area contributed by atoms with Gasteiger partial charge in [-0.05, 0) is 81.2 Å². The van der Waals surface area contributed by atoms with Gasteiger partial charge in [0.25, 0.3) is 0 Å². The number of anilines is 1. The van der Waals surface area contributed by atoms with Crippen molar-refractivity contribution < 1.29 is 14.6 Å². The second-order valence-corrected chi connectivity index (χ2v) is 9.29. The summed E-state index contributed by atoms with van der Waals surface area (Å²) < 4.78 is 4.89. The highest BCUT2D eigenvalue weighted by Crippen LogP contribution is 2.32. The fourth-order valence-corrected chi connectivity index (χ4v) is 4.99. The summed E-state index contributed by atoms with van der Waals surface area (Å²) in [7, 11) is 1.39. The summed E-state index contributed by atoms with van der Waals surface area (Å²) in [6.07, 6.45) is 5.49. The molecule has 0 spiro atoms. The molecule has 0 atom stereocenters. The molecule has 0 bridgehead atoms. The maximum Gasteiger partial charge on any atom is 0.337 e. The summed E-state index contributed by atoms with van der Waals surface area (Å²) in [5.74, 6) is 0.737. The van der Waals surface area contributed by atoms with Crippen LogP contribution in [0.3, 0.4) is 0 Å². The van der Waals surface area contributed by atoms with Crippen LogP contribution in [0, 0.1) is 0 Å². The molecule has 5 rings (SSSR count). The first-order chi connectivity index (χ1) is 17.1. The minimum atomic E-state index is -0.357. The number of carbonyl (C=O) groups is 1. The van der Waals surface area contributed by atoms with Crippen LogP contribution in [0.15, 0.2) is 48.5 Å². The van der Waals surface area contributed by atoms with Crippen LogP contribution in [0.2, 0.25) is 0 Å². The topological polar surface area (TPSA) is 90.5 Å². The largest absolute Gasteiger partial charge is 0.508 e. The normalized spacial score (nSPS) is 14.1. The van der Waals surface area contributed by atoms with Crippen molar-refractivity contribution in [3.8, 4) is 5.75 Å². The first kappa shape index (κ1) is 23.2. The fraction of sp³-hybridized carbons (Fsp3) is 0.357. The number of benzene rings is 2. The molecule has 1 aliphatic rings. The van der Waals surface area contributed by atoms with Crippen molar-refractivity contribution in [2.24, 2.45) is 0 Å². The van der Waals surface area contributed by atoms with Crippen molar-refractivity contribution in [2.75, 3.05) is 38.6 Å². The van der Waals surface area contributed by atoms with Crippen LogP contribution in [0.25, 0.3) is 21.8 Å². The van der Waals surface area contributed by atoms with Gasteiger partial charge in [-0.3, -0.25) is 0 Å². The fourth-order valence-electron chi connectivity index (χ4n) is 4.99. The molecule has 1 saturated heterocycles. The van der Waals surface area contributed by atoms with Crippen molar-refractivity contribution in [3.63, 3.8) is 0 Å². The predicted octanol–water partition coefficient (Wildman–Crippen LogP) is 5.09. The monoisotopic (exact) mass is 472 g/mol. The van der Waals surface area contributed by atoms with Gasteiger partial charge in [-0.15, -0.1) is 0 Å². The van der Waals surface area contributed by atoms with Crippen molar-refractivity contribution in [3.05, 3.63) is 65.4 Å². The summed E-state index contributed by atoms with van der Waals surface area (Å²) in [5, 5.41) is 15.5. The highest BCUT2D eigenvalue weighted by atomic mass is 16.5. The number of aromatic hydroxyl groups is 1. The Kier molecular flexibility index (Phi) is 6.86. The number of aromatic amines is 1. The lowest BCUT2D eigenvalue weighted by atomic mass is 10.1. The van der Waals surface area contributed by atoms with Gasteiger partial charge in [0.1, 0.15) is 11.6 Å². The van der Waals surface area contributed by atoms with Gasteiger partial charge in [0.2, 0.25) is 0 Å². The molecule has 0 amide bonds. The van der Waals surface area contributed by atoms with E-state index in [2.05, 4.69) is 21.3 Å². The molecule has 182 valence electrons. The van der Waals surface area contributed by atoms with Crippen LogP contribution < -0.4 is 5.32 Å². The van der Waals surface area contributed by atoms with Gasteiger partial charge in [0.05, 0.1) is 18.2 Å². The number of esters is 1. The van der Waals surface area contributed by atoms with Crippen LogP contribution >= 0.6 is 0 Å². The molecule has 2 aromatic carbocycles. The summed E-state index contributed by atoms with van der Waals surface area (Å²) >= 11 is 0. The number of carbonyl (C=O) groups excluding carboxylic acids is 1. The average molecular weight is 473 g/mol. The Bertz CT molecular complexity index is 1340. The molecule has 4 aromatic rings. The highest BCUT2D eigenvalue weighted by Gasteiger charge is 2.15. The van der Waals surface area contributed by atoms with E-state index < -0.39 is 0 Å². The summed E-state index contributed by atoms with van der Waals surface area (Å²) in [6.45, 7) is 4.47. The number of phenols is 1. The third kappa shape index (κ3) is 5.25. The Balaban J connectivity index is 1.43. The van der Waals surface area contributed by atoms with Gasteiger partial charge >= 0.3 is 5.97 Å². The first-order valence-electron chi connectivity index (χ1n) is 12.4. The van der Waals surface area contributed by atoms with Gasteiger partial charge in [0, 0.05) is 34.9 Å². The molecule has 0 radical (unpaired) electrons. The number of nitrogens with one attached hydrogen (secondary N) is 2. The zero-order valence-electron chi connectivity index (χ0n) is 20.1. The molecule has 2 aromatic heterocycles. The van der Waals surface area contributed by atoms with Gasteiger partial charge in [-0.1, -0.05) is 18.2 Å². The van der Waals surface area contributed by atoms with Gasteiger partial charge < -0.3 is 25.0 Å². The zero-order valence-corrected chi connectivity index (χ0v) is 20.1. The number of methoxy groups -OCH3 is 1. The molecule has 3 heterocycles. The number of ether oxygens (including phenoxy) is 1. The number of H-pyrrole nitrogens is 1. The summed E-state index contributed by atoms with van der Waals surface area (Å²) in [4.78, 5) is 23.0.